The Hall–Kier alpha value is -2.76. The van der Waals surface area contributed by atoms with E-state index in [2.05, 4.69) is 4.98 Å². The van der Waals surface area contributed by atoms with Gasteiger partial charge >= 0.3 is 5.97 Å². The molecular formula is C15H14N2O4. The summed E-state index contributed by atoms with van der Waals surface area (Å²) in [5.74, 6) is -1.19. The quantitative estimate of drug-likeness (QED) is 0.673. The van der Waals surface area contributed by atoms with Gasteiger partial charge in [0.25, 0.3) is 5.69 Å². The Labute approximate surface area is 121 Å². The zero-order valence-electron chi connectivity index (χ0n) is 11.4. The van der Waals surface area contributed by atoms with Crippen molar-refractivity contribution < 1.29 is 14.8 Å². The Morgan fingerprint density at radius 1 is 1.29 bits per heavy atom. The SMILES string of the molecule is CCc1ccc(Cc2cc(C(=O)O)cc([N+](=O)[O-])c2)nc1. The second kappa shape index (κ2) is 6.13. The average molecular weight is 286 g/mol. The van der Waals surface area contributed by atoms with Gasteiger partial charge in [0, 0.05) is 30.4 Å². The minimum atomic E-state index is -1.19. The molecule has 1 aromatic heterocycles. The minimum absolute atomic E-state index is 0.0932. The van der Waals surface area contributed by atoms with Gasteiger partial charge in [0.05, 0.1) is 10.5 Å². The van der Waals surface area contributed by atoms with Gasteiger partial charge in [-0.2, -0.15) is 0 Å². The van der Waals surface area contributed by atoms with Gasteiger partial charge in [-0.25, -0.2) is 4.79 Å². The summed E-state index contributed by atoms with van der Waals surface area (Å²) >= 11 is 0. The topological polar surface area (TPSA) is 93.3 Å². The van der Waals surface area contributed by atoms with Crippen molar-refractivity contribution in [2.24, 2.45) is 0 Å². The predicted molar refractivity (Wildman–Crippen MR) is 76.5 cm³/mol. The molecule has 0 unspecified atom stereocenters. The molecule has 0 amide bonds. The van der Waals surface area contributed by atoms with E-state index in [0.717, 1.165) is 23.7 Å². The largest absolute Gasteiger partial charge is 0.478 e. The molecule has 0 aliphatic carbocycles. The maximum Gasteiger partial charge on any atom is 0.335 e. The summed E-state index contributed by atoms with van der Waals surface area (Å²) in [7, 11) is 0. The van der Waals surface area contributed by atoms with Crippen LogP contribution in [0.5, 0.6) is 0 Å². The number of aromatic nitrogens is 1. The molecule has 0 aliphatic heterocycles. The van der Waals surface area contributed by atoms with Crippen molar-refractivity contribution in [3.63, 3.8) is 0 Å². The molecule has 21 heavy (non-hydrogen) atoms. The highest BCUT2D eigenvalue weighted by molar-refractivity contribution is 5.88. The van der Waals surface area contributed by atoms with Crippen molar-refractivity contribution in [1.29, 1.82) is 0 Å². The number of carboxylic acid groups (broad SMARTS) is 1. The molecule has 0 saturated heterocycles. The molecule has 1 N–H and O–H groups in total. The summed E-state index contributed by atoms with van der Waals surface area (Å²) in [4.78, 5) is 25.6. The second-order valence-corrected chi connectivity index (χ2v) is 4.64. The lowest BCUT2D eigenvalue weighted by atomic mass is 10.0. The number of carbonyl (C=O) groups is 1. The van der Waals surface area contributed by atoms with Crippen molar-refractivity contribution in [3.05, 3.63) is 69.0 Å². The number of nitrogens with zero attached hydrogens (tertiary/aromatic N) is 2. The molecule has 1 aromatic carbocycles. The molecule has 0 fully saturated rings. The third-order valence-electron chi connectivity index (χ3n) is 3.11. The molecule has 6 heteroatoms. The van der Waals surface area contributed by atoms with E-state index in [1.54, 1.807) is 6.20 Å². The fourth-order valence-corrected chi connectivity index (χ4v) is 1.98. The third-order valence-corrected chi connectivity index (χ3v) is 3.11. The summed E-state index contributed by atoms with van der Waals surface area (Å²) in [6, 6.07) is 7.65. The maximum absolute atomic E-state index is 11.0. The van der Waals surface area contributed by atoms with Gasteiger partial charge in [0.2, 0.25) is 0 Å². The molecule has 108 valence electrons. The number of carboxylic acids is 1. The van der Waals surface area contributed by atoms with Crippen LogP contribution in [0.1, 0.15) is 34.1 Å². The van der Waals surface area contributed by atoms with E-state index < -0.39 is 10.9 Å². The number of hydrogen-bond acceptors (Lipinski definition) is 4. The number of aryl methyl sites for hydroxylation is 1. The smallest absolute Gasteiger partial charge is 0.335 e. The van der Waals surface area contributed by atoms with Crippen molar-refractivity contribution in [2.45, 2.75) is 19.8 Å². The van der Waals surface area contributed by atoms with Crippen molar-refractivity contribution in [3.8, 4) is 0 Å². The Morgan fingerprint density at radius 3 is 2.57 bits per heavy atom. The van der Waals surface area contributed by atoms with Crippen LogP contribution in [0.2, 0.25) is 0 Å². The summed E-state index contributed by atoms with van der Waals surface area (Å²) in [6.07, 6.45) is 2.99. The normalized spacial score (nSPS) is 10.3. The number of non-ortho nitro benzene ring substituents is 1. The number of nitro benzene ring substituents is 1. The molecule has 2 aromatic rings. The molecule has 0 atom stereocenters. The van der Waals surface area contributed by atoms with Crippen LogP contribution in [0.4, 0.5) is 5.69 Å². The summed E-state index contributed by atoms with van der Waals surface area (Å²) in [5.41, 5.74) is 2.07. The Morgan fingerprint density at radius 2 is 2.05 bits per heavy atom. The van der Waals surface area contributed by atoms with Crippen molar-refractivity contribution in [2.75, 3.05) is 0 Å². The Bertz CT molecular complexity index is 648. The molecule has 0 saturated carbocycles. The highest BCUT2D eigenvalue weighted by Gasteiger charge is 2.14. The lowest BCUT2D eigenvalue weighted by Crippen LogP contribution is -2.01. The lowest BCUT2D eigenvalue weighted by Gasteiger charge is -2.04. The van der Waals surface area contributed by atoms with E-state index in [1.165, 1.54) is 12.1 Å². The second-order valence-electron chi connectivity index (χ2n) is 4.64. The Kier molecular flexibility index (Phi) is 4.27. The highest BCUT2D eigenvalue weighted by Crippen LogP contribution is 2.19. The Balaban J connectivity index is 2.33. The molecule has 0 spiro atoms. The van der Waals surface area contributed by atoms with E-state index in [-0.39, 0.29) is 11.3 Å². The van der Waals surface area contributed by atoms with E-state index in [9.17, 15) is 14.9 Å². The molecule has 0 bridgehead atoms. The van der Waals surface area contributed by atoms with Crippen LogP contribution in [0.15, 0.2) is 36.5 Å². The van der Waals surface area contributed by atoms with Gasteiger partial charge in [-0.15, -0.1) is 0 Å². The number of rotatable bonds is 5. The first kappa shape index (κ1) is 14.6. The van der Waals surface area contributed by atoms with Gasteiger partial charge in [0.1, 0.15) is 0 Å². The molecule has 0 radical (unpaired) electrons. The van der Waals surface area contributed by atoms with Crippen molar-refractivity contribution >= 4 is 11.7 Å². The van der Waals surface area contributed by atoms with Gasteiger partial charge in [-0.05, 0) is 29.7 Å². The van der Waals surface area contributed by atoms with E-state index in [4.69, 9.17) is 5.11 Å². The fraction of sp³-hybridized carbons (Fsp3) is 0.200. The zero-order chi connectivity index (χ0) is 15.4. The van der Waals surface area contributed by atoms with Crippen LogP contribution in [-0.4, -0.2) is 21.0 Å². The number of nitro groups is 1. The zero-order valence-corrected chi connectivity index (χ0v) is 11.4. The predicted octanol–water partition coefficient (Wildman–Crippen LogP) is 2.84. The van der Waals surface area contributed by atoms with Gasteiger partial charge in [-0.1, -0.05) is 13.0 Å². The summed E-state index contributed by atoms with van der Waals surface area (Å²) in [6.45, 7) is 2.02. The monoisotopic (exact) mass is 286 g/mol. The molecule has 6 nitrogen and oxygen atoms in total. The van der Waals surface area contributed by atoms with E-state index in [0.29, 0.717) is 12.0 Å². The number of hydrogen-bond donors (Lipinski definition) is 1. The first-order chi connectivity index (χ1) is 9.99. The molecule has 2 rings (SSSR count). The summed E-state index contributed by atoms with van der Waals surface area (Å²) in [5, 5.41) is 19.9. The number of aromatic carboxylic acids is 1. The molecule has 0 aliphatic rings. The van der Waals surface area contributed by atoms with Gasteiger partial charge in [0.15, 0.2) is 0 Å². The number of pyridine rings is 1. The van der Waals surface area contributed by atoms with Gasteiger partial charge < -0.3 is 5.11 Å². The van der Waals surface area contributed by atoms with Crippen LogP contribution in [0.3, 0.4) is 0 Å². The van der Waals surface area contributed by atoms with E-state index >= 15 is 0 Å². The first-order valence-electron chi connectivity index (χ1n) is 6.45. The molecular weight excluding hydrogens is 272 g/mol. The molecule has 1 heterocycles. The van der Waals surface area contributed by atoms with Crippen LogP contribution in [-0.2, 0) is 12.8 Å². The average Bonchev–Trinajstić information content (AvgIpc) is 2.47. The van der Waals surface area contributed by atoms with Crippen LogP contribution in [0.25, 0.3) is 0 Å². The standard InChI is InChI=1S/C15H14N2O4/c1-2-10-3-4-13(16-9-10)6-11-5-12(15(18)19)8-14(7-11)17(20)21/h3-5,7-9H,2,6H2,1H3,(H,18,19). The maximum atomic E-state index is 11.0. The number of benzene rings is 1. The van der Waals surface area contributed by atoms with Crippen LogP contribution in [0, 0.1) is 10.1 Å². The van der Waals surface area contributed by atoms with Crippen LogP contribution >= 0.6 is 0 Å². The fourth-order valence-electron chi connectivity index (χ4n) is 1.98. The minimum Gasteiger partial charge on any atom is -0.478 e. The summed E-state index contributed by atoms with van der Waals surface area (Å²) < 4.78 is 0. The lowest BCUT2D eigenvalue weighted by molar-refractivity contribution is -0.384. The van der Waals surface area contributed by atoms with Gasteiger partial charge in [-0.3, -0.25) is 15.1 Å². The highest BCUT2D eigenvalue weighted by atomic mass is 16.6. The first-order valence-corrected chi connectivity index (χ1v) is 6.45. The third kappa shape index (κ3) is 3.62. The van der Waals surface area contributed by atoms with E-state index in [1.807, 2.05) is 19.1 Å². The van der Waals surface area contributed by atoms with Crippen LogP contribution < -0.4 is 0 Å². The van der Waals surface area contributed by atoms with Crippen molar-refractivity contribution in [1.82, 2.24) is 4.98 Å².